The number of aromatic nitrogens is 2. The second-order valence-corrected chi connectivity index (χ2v) is 4.53. The minimum Gasteiger partial charge on any atom is -0.480 e. The topological polar surface area (TPSA) is 66.3 Å². The maximum Gasteiger partial charge on any atom is 0.445 e. The first-order chi connectivity index (χ1) is 7.89. The van der Waals surface area contributed by atoms with Crippen molar-refractivity contribution in [2.75, 3.05) is 11.4 Å². The fraction of sp³-hybridized carbons (Fsp3) is 0.625. The van der Waals surface area contributed by atoms with Crippen molar-refractivity contribution < 1.29 is 23.1 Å². The molecular weight excluding hydrogens is 259 g/mol. The zero-order chi connectivity index (χ0) is 12.6. The Morgan fingerprint density at radius 2 is 2.18 bits per heavy atom. The van der Waals surface area contributed by atoms with Crippen molar-refractivity contribution in [1.82, 2.24) is 10.2 Å². The van der Waals surface area contributed by atoms with Crippen LogP contribution in [0.15, 0.2) is 0 Å². The molecule has 9 heteroatoms. The van der Waals surface area contributed by atoms with Gasteiger partial charge < -0.3 is 10.0 Å². The molecule has 1 fully saturated rings. The van der Waals surface area contributed by atoms with Crippen LogP contribution in [0.1, 0.15) is 17.8 Å². The molecule has 2 heterocycles. The summed E-state index contributed by atoms with van der Waals surface area (Å²) in [5, 5.41) is 14.3. The molecule has 1 saturated heterocycles. The number of hydrogen-bond donors (Lipinski definition) is 1. The van der Waals surface area contributed by atoms with E-state index in [4.69, 9.17) is 5.11 Å². The van der Waals surface area contributed by atoms with E-state index in [0.29, 0.717) is 30.7 Å². The molecule has 0 radical (unpaired) electrons. The Morgan fingerprint density at radius 3 is 2.71 bits per heavy atom. The first-order valence-electron chi connectivity index (χ1n) is 4.80. The summed E-state index contributed by atoms with van der Waals surface area (Å²) in [5.74, 6) is -1.05. The van der Waals surface area contributed by atoms with E-state index < -0.39 is 23.2 Å². The van der Waals surface area contributed by atoms with E-state index in [-0.39, 0.29) is 5.13 Å². The van der Waals surface area contributed by atoms with Crippen LogP contribution in [0.25, 0.3) is 0 Å². The minimum atomic E-state index is -4.53. The molecule has 0 bridgehead atoms. The molecule has 17 heavy (non-hydrogen) atoms. The summed E-state index contributed by atoms with van der Waals surface area (Å²) in [6.07, 6.45) is -3.50. The first-order valence-corrected chi connectivity index (χ1v) is 5.61. The van der Waals surface area contributed by atoms with Crippen molar-refractivity contribution in [3.63, 3.8) is 0 Å². The van der Waals surface area contributed by atoms with Crippen LogP contribution in [0.2, 0.25) is 0 Å². The fourth-order valence-electron chi connectivity index (χ4n) is 1.70. The van der Waals surface area contributed by atoms with Crippen molar-refractivity contribution >= 4 is 22.4 Å². The highest BCUT2D eigenvalue weighted by atomic mass is 32.1. The molecule has 94 valence electrons. The predicted molar refractivity (Wildman–Crippen MR) is 52.9 cm³/mol. The monoisotopic (exact) mass is 267 g/mol. The number of alkyl halides is 3. The summed E-state index contributed by atoms with van der Waals surface area (Å²) in [5.41, 5.74) is 0. The molecule has 1 aliphatic heterocycles. The molecule has 1 N–H and O–H groups in total. The molecule has 1 aromatic rings. The molecule has 5 nitrogen and oxygen atoms in total. The van der Waals surface area contributed by atoms with Crippen LogP contribution >= 0.6 is 11.3 Å². The Hall–Kier alpha value is -1.38. The summed E-state index contributed by atoms with van der Waals surface area (Å²) < 4.78 is 37.0. The zero-order valence-corrected chi connectivity index (χ0v) is 9.25. The lowest BCUT2D eigenvalue weighted by molar-refractivity contribution is -0.139. The van der Waals surface area contributed by atoms with E-state index in [2.05, 4.69) is 10.2 Å². The first kappa shape index (κ1) is 12.1. The summed E-state index contributed by atoms with van der Waals surface area (Å²) in [7, 11) is 0. The van der Waals surface area contributed by atoms with Gasteiger partial charge in [-0.25, -0.2) is 4.79 Å². The van der Waals surface area contributed by atoms with Crippen molar-refractivity contribution in [1.29, 1.82) is 0 Å². The fourth-order valence-corrected chi connectivity index (χ4v) is 2.49. The highest BCUT2D eigenvalue weighted by molar-refractivity contribution is 7.15. The lowest BCUT2D eigenvalue weighted by Gasteiger charge is -2.19. The van der Waals surface area contributed by atoms with E-state index >= 15 is 0 Å². The highest BCUT2D eigenvalue weighted by Gasteiger charge is 2.38. The van der Waals surface area contributed by atoms with Crippen LogP contribution in [0, 0.1) is 0 Å². The SMILES string of the molecule is O=C(O)C1CCCN1c1nnc(C(F)(F)F)s1. The molecule has 2 rings (SSSR count). The van der Waals surface area contributed by atoms with Crippen LogP contribution in [0.3, 0.4) is 0 Å². The molecule has 0 spiro atoms. The third kappa shape index (κ3) is 2.33. The number of nitrogens with zero attached hydrogens (tertiary/aromatic N) is 3. The van der Waals surface area contributed by atoms with Crippen LogP contribution in [-0.4, -0.2) is 33.9 Å². The van der Waals surface area contributed by atoms with Crippen molar-refractivity contribution in [2.24, 2.45) is 0 Å². The Bertz CT molecular complexity index is 434. The lowest BCUT2D eigenvalue weighted by atomic mass is 10.2. The summed E-state index contributed by atoms with van der Waals surface area (Å²) in [6, 6.07) is -0.802. The average Bonchev–Trinajstić information content (AvgIpc) is 2.85. The van der Waals surface area contributed by atoms with Gasteiger partial charge in [0, 0.05) is 6.54 Å². The smallest absolute Gasteiger partial charge is 0.445 e. The van der Waals surface area contributed by atoms with Crippen LogP contribution in [-0.2, 0) is 11.0 Å². The maximum absolute atomic E-state index is 12.3. The van der Waals surface area contributed by atoms with E-state index in [0.717, 1.165) is 0 Å². The zero-order valence-electron chi connectivity index (χ0n) is 8.44. The quantitative estimate of drug-likeness (QED) is 0.881. The van der Waals surface area contributed by atoms with Gasteiger partial charge in [-0.2, -0.15) is 13.2 Å². The third-order valence-electron chi connectivity index (χ3n) is 2.44. The van der Waals surface area contributed by atoms with E-state index in [1.165, 1.54) is 4.90 Å². The van der Waals surface area contributed by atoms with E-state index in [1.54, 1.807) is 0 Å². The Kier molecular flexibility index (Phi) is 2.94. The van der Waals surface area contributed by atoms with Crippen molar-refractivity contribution in [3.8, 4) is 0 Å². The Morgan fingerprint density at radius 1 is 1.47 bits per heavy atom. The van der Waals surface area contributed by atoms with Crippen LogP contribution < -0.4 is 4.90 Å². The number of rotatable bonds is 2. The molecule has 1 aromatic heterocycles. The standard InChI is InChI=1S/C8H8F3N3O2S/c9-8(10,11)6-12-13-7(17-6)14-3-1-2-4(14)5(15)16/h4H,1-3H2,(H,15,16). The molecule has 0 aliphatic carbocycles. The second kappa shape index (κ2) is 4.13. The van der Waals surface area contributed by atoms with Gasteiger partial charge in [0.1, 0.15) is 6.04 Å². The summed E-state index contributed by atoms with van der Waals surface area (Å²) in [6.45, 7) is 0.392. The van der Waals surface area contributed by atoms with Crippen molar-refractivity contribution in [2.45, 2.75) is 25.1 Å². The number of aliphatic carboxylic acids is 1. The van der Waals surface area contributed by atoms with Gasteiger partial charge in [0.15, 0.2) is 0 Å². The van der Waals surface area contributed by atoms with Gasteiger partial charge in [0.05, 0.1) is 0 Å². The number of carboxylic acid groups (broad SMARTS) is 1. The molecule has 0 saturated carbocycles. The largest absolute Gasteiger partial charge is 0.480 e. The molecule has 0 aromatic carbocycles. The van der Waals surface area contributed by atoms with E-state index in [9.17, 15) is 18.0 Å². The molecule has 1 atom stereocenters. The van der Waals surface area contributed by atoms with Crippen LogP contribution in [0.5, 0.6) is 0 Å². The van der Waals surface area contributed by atoms with Crippen LogP contribution in [0.4, 0.5) is 18.3 Å². The summed E-state index contributed by atoms with van der Waals surface area (Å²) in [4.78, 5) is 12.2. The molecule has 0 amide bonds. The minimum absolute atomic E-state index is 0.0159. The number of halogens is 3. The van der Waals surface area contributed by atoms with Gasteiger partial charge in [-0.15, -0.1) is 10.2 Å². The van der Waals surface area contributed by atoms with Gasteiger partial charge in [0.2, 0.25) is 10.1 Å². The van der Waals surface area contributed by atoms with E-state index in [1.807, 2.05) is 0 Å². The molecule has 1 unspecified atom stereocenters. The number of carboxylic acids is 1. The normalized spacial score (nSPS) is 20.9. The van der Waals surface area contributed by atoms with Crippen molar-refractivity contribution in [3.05, 3.63) is 5.01 Å². The van der Waals surface area contributed by atoms with Gasteiger partial charge in [0.25, 0.3) is 0 Å². The third-order valence-corrected chi connectivity index (χ3v) is 3.45. The summed E-state index contributed by atoms with van der Waals surface area (Å²) >= 11 is 0.374. The maximum atomic E-state index is 12.3. The Balaban J connectivity index is 2.23. The molecular formula is C8H8F3N3O2S. The predicted octanol–water partition coefficient (Wildman–Crippen LogP) is 1.61. The number of anilines is 1. The number of hydrogen-bond acceptors (Lipinski definition) is 5. The van der Waals surface area contributed by atoms with Gasteiger partial charge >= 0.3 is 12.1 Å². The van der Waals surface area contributed by atoms with Gasteiger partial charge in [-0.05, 0) is 12.8 Å². The molecule has 1 aliphatic rings. The second-order valence-electron chi connectivity index (χ2n) is 3.58. The average molecular weight is 267 g/mol. The lowest BCUT2D eigenvalue weighted by Crippen LogP contribution is -2.35. The number of carbonyl (C=O) groups is 1. The Labute approximate surface area is 97.9 Å². The van der Waals surface area contributed by atoms with Gasteiger partial charge in [-0.1, -0.05) is 11.3 Å². The highest BCUT2D eigenvalue weighted by Crippen LogP contribution is 2.36. The van der Waals surface area contributed by atoms with Gasteiger partial charge in [-0.3, -0.25) is 0 Å².